The van der Waals surface area contributed by atoms with Crippen LogP contribution >= 0.6 is 12.4 Å². The maximum absolute atomic E-state index is 12.4. The van der Waals surface area contributed by atoms with Crippen LogP contribution in [0.4, 0.5) is 0 Å². The van der Waals surface area contributed by atoms with E-state index in [1.165, 1.54) is 0 Å². The molecule has 0 aliphatic carbocycles. The number of nitrogens with zero attached hydrogens (tertiary/aromatic N) is 3. The summed E-state index contributed by atoms with van der Waals surface area (Å²) >= 11 is 0. The third kappa shape index (κ3) is 1.94. The molecule has 0 unspecified atom stereocenters. The van der Waals surface area contributed by atoms with Gasteiger partial charge in [0.05, 0.1) is 16.6 Å². The molecule has 0 aliphatic rings. The Morgan fingerprint density at radius 3 is 2.42 bits per heavy atom. The Morgan fingerprint density at radius 1 is 1.11 bits per heavy atom. The summed E-state index contributed by atoms with van der Waals surface area (Å²) in [5.74, 6) is 0. The molecule has 0 aliphatic heterocycles. The van der Waals surface area contributed by atoms with Gasteiger partial charge in [-0.2, -0.15) is 0 Å². The van der Waals surface area contributed by atoms with Crippen LogP contribution in [0.15, 0.2) is 47.5 Å². The van der Waals surface area contributed by atoms with Crippen molar-refractivity contribution in [3.63, 3.8) is 0 Å². The van der Waals surface area contributed by atoms with Crippen molar-refractivity contribution in [2.24, 2.45) is 7.05 Å². The first kappa shape index (κ1) is 13.4. The molecule has 5 heteroatoms. The van der Waals surface area contributed by atoms with Gasteiger partial charge in [0.15, 0.2) is 0 Å². The lowest BCUT2D eigenvalue weighted by Crippen LogP contribution is -2.19. The molecule has 0 saturated heterocycles. The van der Waals surface area contributed by atoms with E-state index >= 15 is 0 Å². The first-order valence-electron chi connectivity index (χ1n) is 5.78. The van der Waals surface area contributed by atoms with Gasteiger partial charge in [0.2, 0.25) is 0 Å². The first-order valence-corrected chi connectivity index (χ1v) is 5.78. The monoisotopic (exact) mass is 275 g/mol. The van der Waals surface area contributed by atoms with Crippen LogP contribution in [0, 0.1) is 6.92 Å². The largest absolute Gasteiger partial charge is 0.280 e. The highest BCUT2D eigenvalue weighted by Gasteiger charge is 2.13. The summed E-state index contributed by atoms with van der Waals surface area (Å²) in [6.45, 7) is 1.96. The van der Waals surface area contributed by atoms with Gasteiger partial charge in [-0.25, -0.2) is 4.68 Å². The number of fused-ring (bicyclic) bond motifs is 1. The van der Waals surface area contributed by atoms with Gasteiger partial charge in [0, 0.05) is 19.4 Å². The van der Waals surface area contributed by atoms with E-state index in [0.717, 1.165) is 16.8 Å². The van der Waals surface area contributed by atoms with Gasteiger partial charge < -0.3 is 0 Å². The Hall–Kier alpha value is -2.07. The third-order valence-electron chi connectivity index (χ3n) is 3.15. The number of hydrogen-bond donors (Lipinski definition) is 0. The van der Waals surface area contributed by atoms with Crippen LogP contribution in [0.2, 0.25) is 0 Å². The van der Waals surface area contributed by atoms with Gasteiger partial charge in [-0.15, -0.1) is 12.4 Å². The van der Waals surface area contributed by atoms with Gasteiger partial charge in [0.1, 0.15) is 0 Å². The highest BCUT2D eigenvalue weighted by atomic mass is 35.5. The average molecular weight is 276 g/mol. The topological polar surface area (TPSA) is 39.8 Å². The standard InChI is InChI=1S/C14H13N3O.ClH/c1-10-8-15-9-12-13(10)16(2)17(14(12)18)11-6-4-3-5-7-11;/h3-9H,1-2H3;1H. The van der Waals surface area contributed by atoms with Crippen molar-refractivity contribution in [1.29, 1.82) is 0 Å². The van der Waals surface area contributed by atoms with E-state index in [0.29, 0.717) is 5.39 Å². The molecule has 0 radical (unpaired) electrons. The Morgan fingerprint density at radius 2 is 1.79 bits per heavy atom. The number of aromatic nitrogens is 3. The molecule has 2 aromatic heterocycles. The molecule has 19 heavy (non-hydrogen) atoms. The SMILES string of the molecule is Cc1cncc2c(=O)n(-c3ccccc3)n(C)c12.Cl. The van der Waals surface area contributed by atoms with Crippen molar-refractivity contribution < 1.29 is 0 Å². The minimum Gasteiger partial charge on any atom is -0.280 e. The number of hydrogen-bond acceptors (Lipinski definition) is 2. The molecule has 0 spiro atoms. The average Bonchev–Trinajstić information content (AvgIpc) is 2.64. The van der Waals surface area contributed by atoms with Crippen LogP contribution in [-0.4, -0.2) is 14.3 Å². The number of rotatable bonds is 1. The van der Waals surface area contributed by atoms with Crippen molar-refractivity contribution in [1.82, 2.24) is 14.3 Å². The van der Waals surface area contributed by atoms with Crippen molar-refractivity contribution in [3.8, 4) is 5.69 Å². The Bertz CT molecular complexity index is 774. The zero-order valence-corrected chi connectivity index (χ0v) is 11.5. The summed E-state index contributed by atoms with van der Waals surface area (Å²) in [4.78, 5) is 16.5. The summed E-state index contributed by atoms with van der Waals surface area (Å²) in [6, 6.07) is 9.62. The predicted molar refractivity (Wildman–Crippen MR) is 78.3 cm³/mol. The molecule has 0 fully saturated rings. The number of para-hydroxylation sites is 1. The predicted octanol–water partition coefficient (Wildman–Crippen LogP) is 2.45. The second-order valence-corrected chi connectivity index (χ2v) is 4.33. The lowest BCUT2D eigenvalue weighted by molar-refractivity contribution is 0.665. The molecule has 0 atom stereocenters. The zero-order valence-electron chi connectivity index (χ0n) is 10.7. The normalized spacial score (nSPS) is 10.4. The Labute approximate surface area is 116 Å². The van der Waals surface area contributed by atoms with E-state index in [4.69, 9.17) is 0 Å². The van der Waals surface area contributed by atoms with Gasteiger partial charge in [0.25, 0.3) is 5.56 Å². The summed E-state index contributed by atoms with van der Waals surface area (Å²) in [7, 11) is 1.89. The molecule has 0 saturated carbocycles. The fourth-order valence-electron chi connectivity index (χ4n) is 2.35. The summed E-state index contributed by atoms with van der Waals surface area (Å²) in [5, 5.41) is 0.654. The van der Waals surface area contributed by atoms with Crippen molar-refractivity contribution in [2.75, 3.05) is 0 Å². The summed E-state index contributed by atoms with van der Waals surface area (Å²) < 4.78 is 3.54. The van der Waals surface area contributed by atoms with E-state index in [1.54, 1.807) is 17.1 Å². The molecule has 0 amide bonds. The molecule has 3 rings (SSSR count). The van der Waals surface area contributed by atoms with Crippen LogP contribution in [0.1, 0.15) is 5.56 Å². The molecule has 3 aromatic rings. The lowest BCUT2D eigenvalue weighted by Gasteiger charge is -2.07. The van der Waals surface area contributed by atoms with Crippen molar-refractivity contribution >= 4 is 23.3 Å². The fraction of sp³-hybridized carbons (Fsp3) is 0.143. The van der Waals surface area contributed by atoms with E-state index in [-0.39, 0.29) is 18.0 Å². The van der Waals surface area contributed by atoms with Crippen molar-refractivity contribution in [3.05, 3.63) is 58.6 Å². The van der Waals surface area contributed by atoms with E-state index < -0.39 is 0 Å². The molecule has 1 aromatic carbocycles. The van der Waals surface area contributed by atoms with E-state index in [1.807, 2.05) is 49.0 Å². The van der Waals surface area contributed by atoms with Crippen molar-refractivity contribution in [2.45, 2.75) is 6.92 Å². The van der Waals surface area contributed by atoms with E-state index in [9.17, 15) is 4.79 Å². The van der Waals surface area contributed by atoms with Crippen LogP contribution in [-0.2, 0) is 7.05 Å². The van der Waals surface area contributed by atoms with Crippen LogP contribution in [0.3, 0.4) is 0 Å². The molecule has 4 nitrogen and oxygen atoms in total. The second-order valence-electron chi connectivity index (χ2n) is 4.33. The molecular formula is C14H14ClN3O. The third-order valence-corrected chi connectivity index (χ3v) is 3.15. The maximum Gasteiger partial charge on any atom is 0.280 e. The lowest BCUT2D eigenvalue weighted by atomic mass is 10.2. The zero-order chi connectivity index (χ0) is 12.7. The molecule has 2 heterocycles. The number of pyridine rings is 1. The molecule has 0 N–H and O–H groups in total. The minimum atomic E-state index is -0.0325. The number of aryl methyl sites for hydroxylation is 2. The van der Waals surface area contributed by atoms with E-state index in [2.05, 4.69) is 4.98 Å². The van der Waals surface area contributed by atoms with Gasteiger partial charge in [-0.3, -0.25) is 14.5 Å². The van der Waals surface area contributed by atoms with Gasteiger partial charge >= 0.3 is 0 Å². The summed E-state index contributed by atoms with van der Waals surface area (Å²) in [6.07, 6.45) is 3.40. The molecule has 0 bridgehead atoms. The van der Waals surface area contributed by atoms with Gasteiger partial charge in [-0.05, 0) is 24.6 Å². The molecular weight excluding hydrogens is 262 g/mol. The minimum absolute atomic E-state index is 0. The molecule has 98 valence electrons. The first-order chi connectivity index (χ1) is 8.70. The highest BCUT2D eigenvalue weighted by molar-refractivity contribution is 5.85. The fourth-order valence-corrected chi connectivity index (χ4v) is 2.35. The Balaban J connectivity index is 0.00000133. The van der Waals surface area contributed by atoms with Crippen LogP contribution in [0.5, 0.6) is 0 Å². The number of benzene rings is 1. The second kappa shape index (κ2) is 4.90. The van der Waals surface area contributed by atoms with Crippen LogP contribution in [0.25, 0.3) is 16.6 Å². The summed E-state index contributed by atoms with van der Waals surface area (Å²) in [5.41, 5.74) is 2.76. The Kier molecular flexibility index (Phi) is 3.44. The quantitative estimate of drug-likeness (QED) is 0.684. The van der Waals surface area contributed by atoms with Crippen LogP contribution < -0.4 is 5.56 Å². The maximum atomic E-state index is 12.4. The van der Waals surface area contributed by atoms with Gasteiger partial charge in [-0.1, -0.05) is 18.2 Å². The number of halogens is 1. The smallest absolute Gasteiger partial charge is 0.280 e. The highest BCUT2D eigenvalue weighted by Crippen LogP contribution is 2.16.